The van der Waals surface area contributed by atoms with Crippen molar-refractivity contribution in [3.63, 3.8) is 0 Å². The molecule has 0 spiro atoms. The summed E-state index contributed by atoms with van der Waals surface area (Å²) in [6.45, 7) is 1.87. The van der Waals surface area contributed by atoms with Crippen molar-refractivity contribution in [2.75, 3.05) is 10.6 Å². The summed E-state index contributed by atoms with van der Waals surface area (Å²) in [5.74, 6) is 0. The van der Waals surface area contributed by atoms with Crippen LogP contribution in [0, 0.1) is 0 Å². The predicted molar refractivity (Wildman–Crippen MR) is 88.0 cm³/mol. The van der Waals surface area contributed by atoms with Gasteiger partial charge in [0.05, 0.1) is 0 Å². The Morgan fingerprint density at radius 2 is 1.74 bits per heavy atom. The molecule has 1 aromatic carbocycles. The molecule has 0 aliphatic rings. The van der Waals surface area contributed by atoms with Gasteiger partial charge in [0.1, 0.15) is 17.1 Å². The molecule has 1 atom stereocenters. The van der Waals surface area contributed by atoms with Gasteiger partial charge >= 0.3 is 0 Å². The van der Waals surface area contributed by atoms with Gasteiger partial charge in [0, 0.05) is 24.6 Å². The van der Waals surface area contributed by atoms with Gasteiger partial charge in [-0.25, -0.2) is 0 Å². The number of nitrogens with zero attached hydrogens (tertiary/aromatic N) is 1. The second kappa shape index (κ2) is 5.88. The highest BCUT2D eigenvalue weighted by atomic mass is 16.2. The molecule has 0 aliphatic heterocycles. The van der Waals surface area contributed by atoms with E-state index in [-0.39, 0.29) is 28.7 Å². The number of aromatic amines is 1. The Balaban J connectivity index is 1.86. The SMILES string of the molecule is C[C@@H](Nc1c(Nc2ccc[nH]c2=O)c(=O)c1=O)c1ccncc1. The van der Waals surface area contributed by atoms with Crippen LogP contribution in [0.15, 0.2) is 57.2 Å². The van der Waals surface area contributed by atoms with E-state index in [0.717, 1.165) is 5.56 Å². The number of pyridine rings is 2. The molecule has 2 aromatic heterocycles. The van der Waals surface area contributed by atoms with Gasteiger partial charge in [0.25, 0.3) is 16.4 Å². The van der Waals surface area contributed by atoms with Crippen LogP contribution in [0.2, 0.25) is 0 Å². The van der Waals surface area contributed by atoms with Gasteiger partial charge in [-0.1, -0.05) is 0 Å². The molecule has 2 heterocycles. The average molecular weight is 310 g/mol. The molecule has 3 N–H and O–H groups in total. The predicted octanol–water partition coefficient (Wildman–Crippen LogP) is 1.28. The zero-order valence-corrected chi connectivity index (χ0v) is 12.3. The Labute approximate surface area is 130 Å². The van der Waals surface area contributed by atoms with E-state index in [1.807, 2.05) is 19.1 Å². The van der Waals surface area contributed by atoms with Crippen molar-refractivity contribution in [1.82, 2.24) is 9.97 Å². The molecule has 23 heavy (non-hydrogen) atoms. The number of hydrogen-bond acceptors (Lipinski definition) is 6. The number of aromatic nitrogens is 2. The number of anilines is 3. The van der Waals surface area contributed by atoms with Gasteiger partial charge in [0.2, 0.25) is 0 Å². The van der Waals surface area contributed by atoms with E-state index in [1.165, 1.54) is 12.3 Å². The summed E-state index contributed by atoms with van der Waals surface area (Å²) in [6.07, 6.45) is 4.79. The minimum absolute atomic E-state index is 0.104. The monoisotopic (exact) mass is 310 g/mol. The van der Waals surface area contributed by atoms with Gasteiger partial charge < -0.3 is 15.6 Å². The van der Waals surface area contributed by atoms with Gasteiger partial charge in [-0.15, -0.1) is 0 Å². The van der Waals surface area contributed by atoms with Gasteiger partial charge in [-0.05, 0) is 36.8 Å². The first-order valence-corrected chi connectivity index (χ1v) is 7.02. The van der Waals surface area contributed by atoms with Crippen LogP contribution in [0.3, 0.4) is 0 Å². The minimum Gasteiger partial charge on any atom is -0.373 e. The van der Waals surface area contributed by atoms with Crippen molar-refractivity contribution in [1.29, 1.82) is 0 Å². The number of hydrogen-bond donors (Lipinski definition) is 3. The zero-order chi connectivity index (χ0) is 16.4. The summed E-state index contributed by atoms with van der Waals surface area (Å²) >= 11 is 0. The molecule has 0 saturated heterocycles. The lowest BCUT2D eigenvalue weighted by atomic mass is 10.1. The first-order valence-electron chi connectivity index (χ1n) is 7.02. The molecular formula is C16H14N4O3. The zero-order valence-electron chi connectivity index (χ0n) is 12.3. The average Bonchev–Trinajstić information content (AvgIpc) is 2.59. The smallest absolute Gasteiger partial charge is 0.271 e. The molecule has 0 bridgehead atoms. The third-order valence-electron chi connectivity index (χ3n) is 3.56. The maximum absolute atomic E-state index is 11.8. The molecule has 3 aromatic rings. The Kier molecular flexibility index (Phi) is 3.76. The second-order valence-corrected chi connectivity index (χ2v) is 5.09. The van der Waals surface area contributed by atoms with Crippen LogP contribution in [-0.2, 0) is 0 Å². The summed E-state index contributed by atoms with van der Waals surface area (Å²) in [6, 6.07) is 6.61. The third-order valence-corrected chi connectivity index (χ3v) is 3.56. The summed E-state index contributed by atoms with van der Waals surface area (Å²) in [5, 5.41) is 5.73. The highest BCUT2D eigenvalue weighted by molar-refractivity contribution is 5.78. The maximum Gasteiger partial charge on any atom is 0.271 e. The van der Waals surface area contributed by atoms with Gasteiger partial charge in [-0.2, -0.15) is 0 Å². The van der Waals surface area contributed by atoms with E-state index in [4.69, 9.17) is 0 Å². The van der Waals surface area contributed by atoms with E-state index >= 15 is 0 Å². The van der Waals surface area contributed by atoms with Crippen LogP contribution < -0.4 is 27.1 Å². The topological polar surface area (TPSA) is 104 Å². The van der Waals surface area contributed by atoms with Crippen molar-refractivity contribution >= 4 is 17.1 Å². The molecule has 0 unspecified atom stereocenters. The minimum atomic E-state index is -0.641. The molecule has 0 saturated carbocycles. The van der Waals surface area contributed by atoms with Crippen LogP contribution in [-0.4, -0.2) is 9.97 Å². The lowest BCUT2D eigenvalue weighted by Crippen LogP contribution is -2.37. The Hall–Kier alpha value is -3.22. The summed E-state index contributed by atoms with van der Waals surface area (Å²) < 4.78 is 0. The highest BCUT2D eigenvalue weighted by Gasteiger charge is 2.23. The number of rotatable bonds is 5. The fraction of sp³-hybridized carbons (Fsp3) is 0.125. The maximum atomic E-state index is 11.8. The Morgan fingerprint density at radius 3 is 2.43 bits per heavy atom. The summed E-state index contributed by atoms with van der Waals surface area (Å²) in [5.41, 5.74) is -0.182. The quantitative estimate of drug-likeness (QED) is 0.613. The van der Waals surface area contributed by atoms with Crippen LogP contribution in [0.1, 0.15) is 18.5 Å². The van der Waals surface area contributed by atoms with Crippen LogP contribution in [0.5, 0.6) is 0 Å². The van der Waals surface area contributed by atoms with E-state index in [1.54, 1.807) is 18.5 Å². The molecule has 116 valence electrons. The summed E-state index contributed by atoms with van der Waals surface area (Å²) in [4.78, 5) is 41.7. The molecule has 0 aliphatic carbocycles. The standard InChI is InChI=1S/C16H14N4O3/c1-9(10-4-7-17-8-5-10)19-12-13(15(22)14(12)21)20-11-3-2-6-18-16(11)23/h2-9,19-20H,1H3,(H,18,23)/t9-/m1/s1. The van der Waals surface area contributed by atoms with Crippen molar-refractivity contribution in [3.8, 4) is 0 Å². The van der Waals surface area contributed by atoms with E-state index in [2.05, 4.69) is 20.6 Å². The highest BCUT2D eigenvalue weighted by Crippen LogP contribution is 2.23. The first-order chi connectivity index (χ1) is 11.1. The van der Waals surface area contributed by atoms with E-state index in [9.17, 15) is 14.4 Å². The van der Waals surface area contributed by atoms with Crippen molar-refractivity contribution in [2.45, 2.75) is 13.0 Å². The van der Waals surface area contributed by atoms with Crippen molar-refractivity contribution in [3.05, 3.63) is 79.2 Å². The molecule has 0 amide bonds. The lowest BCUT2D eigenvalue weighted by Gasteiger charge is -2.19. The third kappa shape index (κ3) is 2.76. The van der Waals surface area contributed by atoms with Crippen LogP contribution >= 0.6 is 0 Å². The molecule has 0 radical (unpaired) electrons. The molecule has 7 nitrogen and oxygen atoms in total. The van der Waals surface area contributed by atoms with Gasteiger partial charge in [0.15, 0.2) is 0 Å². The van der Waals surface area contributed by atoms with Crippen LogP contribution in [0.25, 0.3) is 0 Å². The Bertz CT molecular complexity index is 955. The largest absolute Gasteiger partial charge is 0.373 e. The fourth-order valence-corrected chi connectivity index (χ4v) is 2.26. The first kappa shape index (κ1) is 14.7. The van der Waals surface area contributed by atoms with Crippen molar-refractivity contribution in [2.24, 2.45) is 0 Å². The molecule has 0 fully saturated rings. The second-order valence-electron chi connectivity index (χ2n) is 5.09. The van der Waals surface area contributed by atoms with E-state index in [0.29, 0.717) is 0 Å². The Morgan fingerprint density at radius 1 is 1.04 bits per heavy atom. The molecular weight excluding hydrogens is 296 g/mol. The number of H-pyrrole nitrogens is 1. The molecule has 3 rings (SSSR count). The normalized spacial score (nSPS) is 12.0. The number of nitrogens with one attached hydrogen (secondary N) is 3. The van der Waals surface area contributed by atoms with Gasteiger partial charge in [-0.3, -0.25) is 19.4 Å². The fourth-order valence-electron chi connectivity index (χ4n) is 2.26. The van der Waals surface area contributed by atoms with Crippen LogP contribution in [0.4, 0.5) is 17.1 Å². The van der Waals surface area contributed by atoms with Crippen molar-refractivity contribution < 1.29 is 0 Å². The van der Waals surface area contributed by atoms with E-state index < -0.39 is 10.9 Å². The molecule has 7 heteroatoms. The lowest BCUT2D eigenvalue weighted by molar-refractivity contribution is 0.876. The summed E-state index contributed by atoms with van der Waals surface area (Å²) in [7, 11) is 0.